The van der Waals surface area contributed by atoms with Crippen LogP contribution in [0.5, 0.6) is 5.75 Å². The predicted octanol–water partition coefficient (Wildman–Crippen LogP) is 1.52. The van der Waals surface area contributed by atoms with E-state index in [0.29, 0.717) is 12.5 Å². The highest BCUT2D eigenvalue weighted by molar-refractivity contribution is 5.79. The first-order valence-corrected chi connectivity index (χ1v) is 6.92. The van der Waals surface area contributed by atoms with Crippen molar-refractivity contribution in [2.24, 2.45) is 11.8 Å². The standard InChI is InChI=1S/C15H21FN2O2/c1-11-9-17-10-12(11)15(19)18(2)7-8-20-14-6-4-3-5-13(14)16/h3-6,11-12,17H,7-10H2,1-2H3/t11-,12-/m1/s1. The zero-order valence-electron chi connectivity index (χ0n) is 11.9. The monoisotopic (exact) mass is 280 g/mol. The predicted molar refractivity (Wildman–Crippen MR) is 75.1 cm³/mol. The van der Waals surface area contributed by atoms with E-state index in [9.17, 15) is 9.18 Å². The van der Waals surface area contributed by atoms with Gasteiger partial charge >= 0.3 is 0 Å². The molecular formula is C15H21FN2O2. The Hall–Kier alpha value is -1.62. The van der Waals surface area contributed by atoms with Crippen molar-refractivity contribution in [3.8, 4) is 5.75 Å². The van der Waals surface area contributed by atoms with Crippen LogP contribution in [-0.4, -0.2) is 44.1 Å². The lowest BCUT2D eigenvalue weighted by atomic mass is 9.97. The normalized spacial score (nSPS) is 21.8. The molecule has 0 aliphatic carbocycles. The van der Waals surface area contributed by atoms with Gasteiger partial charge in [-0.2, -0.15) is 0 Å². The van der Waals surface area contributed by atoms with Gasteiger partial charge in [-0.1, -0.05) is 19.1 Å². The lowest BCUT2D eigenvalue weighted by molar-refractivity contribution is -0.134. The zero-order valence-corrected chi connectivity index (χ0v) is 11.9. The number of rotatable bonds is 5. The summed E-state index contributed by atoms with van der Waals surface area (Å²) in [6.45, 7) is 4.44. The van der Waals surface area contributed by atoms with E-state index in [-0.39, 0.29) is 30.0 Å². The van der Waals surface area contributed by atoms with Crippen molar-refractivity contribution < 1.29 is 13.9 Å². The molecule has 0 bridgehead atoms. The van der Waals surface area contributed by atoms with Crippen molar-refractivity contribution in [3.05, 3.63) is 30.1 Å². The number of carbonyl (C=O) groups is 1. The lowest BCUT2D eigenvalue weighted by Gasteiger charge is -2.23. The van der Waals surface area contributed by atoms with E-state index in [1.165, 1.54) is 6.07 Å². The fraction of sp³-hybridized carbons (Fsp3) is 0.533. The smallest absolute Gasteiger partial charge is 0.227 e. The van der Waals surface area contributed by atoms with Gasteiger partial charge in [0, 0.05) is 13.6 Å². The topological polar surface area (TPSA) is 41.6 Å². The van der Waals surface area contributed by atoms with Crippen molar-refractivity contribution in [1.82, 2.24) is 10.2 Å². The Labute approximate surface area is 118 Å². The molecule has 1 N–H and O–H groups in total. The quantitative estimate of drug-likeness (QED) is 0.889. The Bertz CT molecular complexity index is 467. The Morgan fingerprint density at radius 1 is 1.45 bits per heavy atom. The molecule has 1 aliphatic heterocycles. The van der Waals surface area contributed by atoms with E-state index >= 15 is 0 Å². The largest absolute Gasteiger partial charge is 0.489 e. The summed E-state index contributed by atoms with van der Waals surface area (Å²) in [6, 6.07) is 6.28. The molecule has 1 amide bonds. The number of para-hydroxylation sites is 1. The molecule has 110 valence electrons. The summed E-state index contributed by atoms with van der Waals surface area (Å²) in [5.74, 6) is 0.366. The molecule has 1 fully saturated rings. The number of ether oxygens (including phenoxy) is 1. The third-order valence-corrected chi connectivity index (χ3v) is 3.73. The SMILES string of the molecule is C[C@@H]1CNC[C@H]1C(=O)N(C)CCOc1ccccc1F. The highest BCUT2D eigenvalue weighted by atomic mass is 19.1. The lowest BCUT2D eigenvalue weighted by Crippen LogP contribution is -2.38. The van der Waals surface area contributed by atoms with Crippen LogP contribution in [0, 0.1) is 17.7 Å². The number of benzene rings is 1. The molecule has 20 heavy (non-hydrogen) atoms. The summed E-state index contributed by atoms with van der Waals surface area (Å²) >= 11 is 0. The van der Waals surface area contributed by atoms with Crippen LogP contribution in [-0.2, 0) is 4.79 Å². The maximum absolute atomic E-state index is 13.4. The number of halogens is 1. The number of hydrogen-bond donors (Lipinski definition) is 1. The van der Waals surface area contributed by atoms with Crippen LogP contribution in [0.15, 0.2) is 24.3 Å². The highest BCUT2D eigenvalue weighted by Crippen LogP contribution is 2.18. The van der Waals surface area contributed by atoms with E-state index in [2.05, 4.69) is 12.2 Å². The third-order valence-electron chi connectivity index (χ3n) is 3.73. The number of likely N-dealkylation sites (N-methyl/N-ethyl adjacent to an activating group) is 1. The average Bonchev–Trinajstić information content (AvgIpc) is 2.86. The summed E-state index contributed by atoms with van der Waals surface area (Å²) in [5.41, 5.74) is 0. The maximum Gasteiger partial charge on any atom is 0.227 e. The van der Waals surface area contributed by atoms with Gasteiger partial charge in [-0.15, -0.1) is 0 Å². The maximum atomic E-state index is 13.4. The summed E-state index contributed by atoms with van der Waals surface area (Å²) in [4.78, 5) is 13.9. The number of nitrogens with one attached hydrogen (secondary N) is 1. The molecule has 0 aromatic heterocycles. The van der Waals surface area contributed by atoms with Gasteiger partial charge in [0.25, 0.3) is 0 Å². The first-order chi connectivity index (χ1) is 9.59. The first-order valence-electron chi connectivity index (χ1n) is 6.92. The van der Waals surface area contributed by atoms with E-state index in [1.807, 2.05) is 0 Å². The van der Waals surface area contributed by atoms with E-state index in [1.54, 1.807) is 30.1 Å². The summed E-state index contributed by atoms with van der Waals surface area (Å²) in [7, 11) is 1.76. The number of hydrogen-bond acceptors (Lipinski definition) is 3. The van der Waals surface area contributed by atoms with Crippen LogP contribution in [0.25, 0.3) is 0 Å². The molecule has 0 spiro atoms. The molecule has 0 unspecified atom stereocenters. The number of carbonyl (C=O) groups excluding carboxylic acids is 1. The van der Waals surface area contributed by atoms with Crippen LogP contribution in [0.1, 0.15) is 6.92 Å². The van der Waals surface area contributed by atoms with E-state index < -0.39 is 0 Å². The molecular weight excluding hydrogens is 259 g/mol. The van der Waals surface area contributed by atoms with Gasteiger partial charge in [-0.3, -0.25) is 4.79 Å². The van der Waals surface area contributed by atoms with Crippen LogP contribution in [0.2, 0.25) is 0 Å². The highest BCUT2D eigenvalue weighted by Gasteiger charge is 2.31. The van der Waals surface area contributed by atoms with Gasteiger partial charge in [0.1, 0.15) is 6.61 Å². The van der Waals surface area contributed by atoms with Crippen LogP contribution in [0.3, 0.4) is 0 Å². The van der Waals surface area contributed by atoms with Crippen molar-refractivity contribution in [1.29, 1.82) is 0 Å². The van der Waals surface area contributed by atoms with Gasteiger partial charge in [0.15, 0.2) is 11.6 Å². The second-order valence-corrected chi connectivity index (χ2v) is 5.28. The molecule has 1 aromatic rings. The van der Waals surface area contributed by atoms with Crippen molar-refractivity contribution >= 4 is 5.91 Å². The molecule has 5 heteroatoms. The first kappa shape index (κ1) is 14.8. The summed E-state index contributed by atoms with van der Waals surface area (Å²) in [5, 5.41) is 3.22. The Morgan fingerprint density at radius 3 is 2.85 bits per heavy atom. The summed E-state index contributed by atoms with van der Waals surface area (Å²) < 4.78 is 18.7. The molecule has 1 heterocycles. The van der Waals surface area contributed by atoms with Crippen molar-refractivity contribution in [3.63, 3.8) is 0 Å². The molecule has 2 atom stereocenters. The van der Waals surface area contributed by atoms with Crippen LogP contribution in [0.4, 0.5) is 4.39 Å². The third kappa shape index (κ3) is 3.48. The average molecular weight is 280 g/mol. The Morgan fingerprint density at radius 2 is 2.20 bits per heavy atom. The number of nitrogens with zero attached hydrogens (tertiary/aromatic N) is 1. The molecule has 1 aliphatic rings. The summed E-state index contributed by atoms with van der Waals surface area (Å²) in [6.07, 6.45) is 0. The van der Waals surface area contributed by atoms with Crippen LogP contribution < -0.4 is 10.1 Å². The molecule has 0 saturated carbocycles. The molecule has 4 nitrogen and oxygen atoms in total. The molecule has 2 rings (SSSR count). The second-order valence-electron chi connectivity index (χ2n) is 5.28. The fourth-order valence-corrected chi connectivity index (χ4v) is 2.39. The van der Waals surface area contributed by atoms with Gasteiger partial charge in [-0.25, -0.2) is 4.39 Å². The van der Waals surface area contributed by atoms with E-state index in [4.69, 9.17) is 4.74 Å². The minimum atomic E-state index is -0.380. The molecule has 0 radical (unpaired) electrons. The van der Waals surface area contributed by atoms with Crippen molar-refractivity contribution in [2.45, 2.75) is 6.92 Å². The van der Waals surface area contributed by atoms with Gasteiger partial charge in [0.05, 0.1) is 12.5 Å². The zero-order chi connectivity index (χ0) is 14.5. The van der Waals surface area contributed by atoms with Crippen LogP contribution >= 0.6 is 0 Å². The fourth-order valence-electron chi connectivity index (χ4n) is 2.39. The molecule has 1 saturated heterocycles. The minimum absolute atomic E-state index is 0.0356. The van der Waals surface area contributed by atoms with E-state index in [0.717, 1.165) is 13.1 Å². The Balaban J connectivity index is 1.79. The van der Waals surface area contributed by atoms with Gasteiger partial charge < -0.3 is 15.0 Å². The molecule has 1 aromatic carbocycles. The number of amides is 1. The van der Waals surface area contributed by atoms with Crippen molar-refractivity contribution in [2.75, 3.05) is 33.3 Å². The second kappa shape index (κ2) is 6.70. The van der Waals surface area contributed by atoms with Gasteiger partial charge in [0.2, 0.25) is 5.91 Å². The van der Waals surface area contributed by atoms with Gasteiger partial charge in [-0.05, 0) is 24.6 Å². The minimum Gasteiger partial charge on any atom is -0.489 e. The Kier molecular flexibility index (Phi) is 4.95.